The van der Waals surface area contributed by atoms with Crippen LogP contribution < -0.4 is 10.9 Å². The second-order valence-electron chi connectivity index (χ2n) is 5.41. The summed E-state index contributed by atoms with van der Waals surface area (Å²) in [7, 11) is 0. The maximum absolute atomic E-state index is 12.5. The minimum Gasteiger partial charge on any atom is -0.392 e. The number of nitrogens with zero attached hydrogens (tertiary/aromatic N) is 2. The van der Waals surface area contributed by atoms with E-state index in [4.69, 9.17) is 5.11 Å². The average Bonchev–Trinajstić information content (AvgIpc) is 2.64. The fourth-order valence-electron chi connectivity index (χ4n) is 2.44. The lowest BCUT2D eigenvalue weighted by Gasteiger charge is -2.11. The fourth-order valence-corrected chi connectivity index (χ4v) is 2.44. The van der Waals surface area contributed by atoms with Gasteiger partial charge in [0.2, 0.25) is 0 Å². The first-order valence-corrected chi connectivity index (χ1v) is 7.85. The van der Waals surface area contributed by atoms with Crippen molar-refractivity contribution >= 4 is 11.4 Å². The predicted octanol–water partition coefficient (Wildman–Crippen LogP) is 3.17. The largest absolute Gasteiger partial charge is 0.392 e. The molecule has 0 bridgehead atoms. The zero-order chi connectivity index (χ0) is 16.9. The van der Waals surface area contributed by atoms with E-state index in [0.717, 1.165) is 22.5 Å². The quantitative estimate of drug-likeness (QED) is 0.757. The Morgan fingerprint density at radius 1 is 1.08 bits per heavy atom. The zero-order valence-electron chi connectivity index (χ0n) is 13.4. The minimum atomic E-state index is -0.164. The second-order valence-corrected chi connectivity index (χ2v) is 5.41. The van der Waals surface area contributed by atoms with Gasteiger partial charge in [-0.2, -0.15) is 5.10 Å². The van der Waals surface area contributed by atoms with Crippen molar-refractivity contribution in [3.05, 3.63) is 76.6 Å². The molecule has 0 aliphatic heterocycles. The lowest BCUT2D eigenvalue weighted by molar-refractivity contribution is 0.282. The van der Waals surface area contributed by atoms with Crippen LogP contribution in [0, 0.1) is 0 Å². The number of benzene rings is 2. The smallest absolute Gasteiger partial charge is 0.290 e. The van der Waals surface area contributed by atoms with Crippen LogP contribution in [-0.2, 0) is 13.2 Å². The summed E-state index contributed by atoms with van der Waals surface area (Å²) in [5.74, 6) is 0. The Kier molecular flexibility index (Phi) is 4.72. The van der Waals surface area contributed by atoms with Crippen LogP contribution in [0.3, 0.4) is 0 Å². The van der Waals surface area contributed by atoms with E-state index in [2.05, 4.69) is 10.4 Å². The van der Waals surface area contributed by atoms with Gasteiger partial charge in [0, 0.05) is 17.8 Å². The Labute approximate surface area is 140 Å². The molecule has 0 unspecified atom stereocenters. The first-order valence-electron chi connectivity index (χ1n) is 7.85. The number of aryl methyl sites for hydroxylation is 1. The molecule has 0 saturated heterocycles. The van der Waals surface area contributed by atoms with Crippen molar-refractivity contribution in [2.24, 2.45) is 0 Å². The third-order valence-electron chi connectivity index (χ3n) is 3.76. The van der Waals surface area contributed by atoms with Gasteiger partial charge in [0.1, 0.15) is 5.69 Å². The molecule has 0 aliphatic rings. The predicted molar refractivity (Wildman–Crippen MR) is 95.3 cm³/mol. The van der Waals surface area contributed by atoms with Gasteiger partial charge in [-0.3, -0.25) is 4.79 Å². The number of hydrogen-bond donors (Lipinski definition) is 2. The van der Waals surface area contributed by atoms with E-state index in [9.17, 15) is 4.79 Å². The Hall–Kier alpha value is -2.92. The van der Waals surface area contributed by atoms with Crippen LogP contribution in [-0.4, -0.2) is 14.9 Å². The molecule has 0 saturated carbocycles. The van der Waals surface area contributed by atoms with E-state index < -0.39 is 0 Å². The van der Waals surface area contributed by atoms with Gasteiger partial charge in [0.15, 0.2) is 0 Å². The normalized spacial score (nSPS) is 10.6. The summed E-state index contributed by atoms with van der Waals surface area (Å²) in [6.07, 6.45) is 0. The van der Waals surface area contributed by atoms with Crippen LogP contribution in [0.5, 0.6) is 0 Å². The summed E-state index contributed by atoms with van der Waals surface area (Å²) >= 11 is 0. The third kappa shape index (κ3) is 3.36. The monoisotopic (exact) mass is 321 g/mol. The highest BCUT2D eigenvalue weighted by molar-refractivity contribution is 5.66. The van der Waals surface area contributed by atoms with Crippen LogP contribution in [0.4, 0.5) is 11.4 Å². The molecule has 5 nitrogen and oxygen atoms in total. The van der Waals surface area contributed by atoms with Crippen molar-refractivity contribution in [1.82, 2.24) is 9.78 Å². The molecule has 0 fully saturated rings. The maximum Gasteiger partial charge on any atom is 0.290 e. The molecule has 0 aliphatic carbocycles. The number of aliphatic hydroxyl groups is 1. The minimum absolute atomic E-state index is 0.00364. The Bertz CT molecular complexity index is 871. The molecule has 2 aromatic carbocycles. The van der Waals surface area contributed by atoms with Crippen molar-refractivity contribution in [1.29, 1.82) is 0 Å². The van der Waals surface area contributed by atoms with E-state index in [1.54, 1.807) is 6.07 Å². The molecular formula is C19H19N3O2. The van der Waals surface area contributed by atoms with Crippen LogP contribution in [0.2, 0.25) is 0 Å². The molecule has 0 amide bonds. The molecule has 2 N–H and O–H groups in total. The van der Waals surface area contributed by atoms with Gasteiger partial charge in [0.25, 0.3) is 5.56 Å². The van der Waals surface area contributed by atoms with E-state index >= 15 is 0 Å². The SMILES string of the molecule is CCn1nc(-c2ccccc2)cc(Nc2ccc(CO)cc2)c1=O. The molecule has 0 radical (unpaired) electrons. The van der Waals surface area contributed by atoms with Gasteiger partial charge >= 0.3 is 0 Å². The lowest BCUT2D eigenvalue weighted by Crippen LogP contribution is -2.24. The molecule has 122 valence electrons. The van der Waals surface area contributed by atoms with E-state index in [1.807, 2.05) is 61.5 Å². The molecule has 0 atom stereocenters. The van der Waals surface area contributed by atoms with Crippen LogP contribution in [0.1, 0.15) is 12.5 Å². The second kappa shape index (κ2) is 7.10. The molecule has 3 aromatic rings. The first kappa shape index (κ1) is 16.0. The molecule has 1 heterocycles. The van der Waals surface area contributed by atoms with Gasteiger partial charge in [-0.05, 0) is 30.7 Å². The van der Waals surface area contributed by atoms with Crippen molar-refractivity contribution in [3.63, 3.8) is 0 Å². The van der Waals surface area contributed by atoms with Crippen LogP contribution in [0.15, 0.2) is 65.5 Å². The van der Waals surface area contributed by atoms with Gasteiger partial charge in [-0.25, -0.2) is 4.68 Å². The van der Waals surface area contributed by atoms with Gasteiger partial charge < -0.3 is 10.4 Å². The summed E-state index contributed by atoms with van der Waals surface area (Å²) in [6.45, 7) is 2.39. The topological polar surface area (TPSA) is 67.2 Å². The fraction of sp³-hybridized carbons (Fsp3) is 0.158. The standard InChI is InChI=1S/C19H19N3O2/c1-2-22-19(24)18(20-16-10-8-14(13-23)9-11-16)12-17(21-22)15-6-4-3-5-7-15/h3-12,20,23H,2,13H2,1H3. The number of aliphatic hydroxyl groups excluding tert-OH is 1. The van der Waals surface area contributed by atoms with Gasteiger partial charge in [-0.15, -0.1) is 0 Å². The summed E-state index contributed by atoms with van der Waals surface area (Å²) in [5.41, 5.74) is 3.62. The summed E-state index contributed by atoms with van der Waals surface area (Å²) in [6, 6.07) is 18.8. The zero-order valence-corrected chi connectivity index (χ0v) is 13.4. The van der Waals surface area contributed by atoms with Crippen molar-refractivity contribution in [3.8, 4) is 11.3 Å². The van der Waals surface area contributed by atoms with Crippen molar-refractivity contribution in [2.45, 2.75) is 20.1 Å². The van der Waals surface area contributed by atoms with Gasteiger partial charge in [-0.1, -0.05) is 42.5 Å². The summed E-state index contributed by atoms with van der Waals surface area (Å²) in [4.78, 5) is 12.5. The number of hydrogen-bond acceptors (Lipinski definition) is 4. The highest BCUT2D eigenvalue weighted by Gasteiger charge is 2.09. The van der Waals surface area contributed by atoms with Crippen LogP contribution >= 0.6 is 0 Å². The molecule has 5 heteroatoms. The number of nitrogens with one attached hydrogen (secondary N) is 1. The van der Waals surface area contributed by atoms with E-state index in [0.29, 0.717) is 12.2 Å². The lowest BCUT2D eigenvalue weighted by atomic mass is 10.1. The van der Waals surface area contributed by atoms with Gasteiger partial charge in [0.05, 0.1) is 12.3 Å². The molecule has 0 spiro atoms. The molecule has 1 aromatic heterocycles. The van der Waals surface area contributed by atoms with E-state index in [-0.39, 0.29) is 12.2 Å². The van der Waals surface area contributed by atoms with Crippen molar-refractivity contribution < 1.29 is 5.11 Å². The summed E-state index contributed by atoms with van der Waals surface area (Å²) < 4.78 is 1.45. The third-order valence-corrected chi connectivity index (χ3v) is 3.76. The summed E-state index contributed by atoms with van der Waals surface area (Å²) in [5, 5.41) is 16.7. The molecule has 24 heavy (non-hydrogen) atoms. The molecule has 3 rings (SSSR count). The number of anilines is 2. The Morgan fingerprint density at radius 2 is 1.79 bits per heavy atom. The maximum atomic E-state index is 12.5. The average molecular weight is 321 g/mol. The highest BCUT2D eigenvalue weighted by atomic mass is 16.3. The number of rotatable bonds is 5. The first-order chi connectivity index (χ1) is 11.7. The number of aromatic nitrogens is 2. The molecular weight excluding hydrogens is 302 g/mol. The van der Waals surface area contributed by atoms with E-state index in [1.165, 1.54) is 4.68 Å². The Balaban J connectivity index is 2.01. The Morgan fingerprint density at radius 3 is 2.42 bits per heavy atom. The van der Waals surface area contributed by atoms with Crippen LogP contribution in [0.25, 0.3) is 11.3 Å². The van der Waals surface area contributed by atoms with Crippen molar-refractivity contribution in [2.75, 3.05) is 5.32 Å². The highest BCUT2D eigenvalue weighted by Crippen LogP contribution is 2.20.